The number of ketones is 1. The molecule has 0 aromatic heterocycles. The number of rotatable bonds is 1. The Morgan fingerprint density at radius 3 is 2.14 bits per heavy atom. The molecule has 0 saturated heterocycles. The molecule has 0 aromatic carbocycles. The SMILES string of the molecule is CC1=C(O[SiH3])C(=O)CC1(C)C(C)(C)C. The standard InChI is InChI=1S/C11H20O2Si/c1-7-9(13-14)8(12)6-11(7,5)10(2,3)4/h6H2,1-5,14H3. The molecule has 0 amide bonds. The van der Waals surface area contributed by atoms with E-state index in [0.29, 0.717) is 22.7 Å². The van der Waals surface area contributed by atoms with Gasteiger partial charge in [-0.05, 0) is 17.9 Å². The van der Waals surface area contributed by atoms with Crippen LogP contribution in [0, 0.1) is 10.8 Å². The molecule has 0 saturated carbocycles. The molecule has 1 aliphatic carbocycles. The lowest BCUT2D eigenvalue weighted by molar-refractivity contribution is -0.118. The van der Waals surface area contributed by atoms with Gasteiger partial charge in [0.05, 0.1) is 0 Å². The summed E-state index contributed by atoms with van der Waals surface area (Å²) in [7, 11) is 0.595. The average Bonchev–Trinajstić information content (AvgIpc) is 2.23. The van der Waals surface area contributed by atoms with Crippen LogP contribution in [0.3, 0.4) is 0 Å². The van der Waals surface area contributed by atoms with Crippen LogP contribution in [0.4, 0.5) is 0 Å². The van der Waals surface area contributed by atoms with Gasteiger partial charge >= 0.3 is 0 Å². The number of hydrogen-bond donors (Lipinski definition) is 0. The van der Waals surface area contributed by atoms with Crippen molar-refractivity contribution in [1.29, 1.82) is 0 Å². The molecule has 0 radical (unpaired) electrons. The highest BCUT2D eigenvalue weighted by atomic mass is 28.2. The predicted octanol–water partition coefficient (Wildman–Crippen LogP) is 1.58. The Balaban J connectivity index is 3.20. The molecule has 80 valence electrons. The quantitative estimate of drug-likeness (QED) is 0.617. The number of carbonyl (C=O) groups is 1. The second-order valence-electron chi connectivity index (χ2n) is 5.34. The third-order valence-electron chi connectivity index (χ3n) is 3.80. The van der Waals surface area contributed by atoms with Crippen LogP contribution in [-0.2, 0) is 9.22 Å². The van der Waals surface area contributed by atoms with Crippen molar-refractivity contribution in [3.05, 3.63) is 11.3 Å². The minimum Gasteiger partial charge on any atom is -0.551 e. The van der Waals surface area contributed by atoms with E-state index in [1.54, 1.807) is 0 Å². The molecule has 0 aromatic rings. The fraction of sp³-hybridized carbons (Fsp3) is 0.727. The van der Waals surface area contributed by atoms with Crippen molar-refractivity contribution in [2.24, 2.45) is 10.8 Å². The van der Waals surface area contributed by atoms with Gasteiger partial charge in [-0.1, -0.05) is 27.7 Å². The highest BCUT2D eigenvalue weighted by Crippen LogP contribution is 2.52. The van der Waals surface area contributed by atoms with Crippen LogP contribution in [0.25, 0.3) is 0 Å². The van der Waals surface area contributed by atoms with Crippen LogP contribution in [0.5, 0.6) is 0 Å². The highest BCUT2D eigenvalue weighted by molar-refractivity contribution is 6.06. The molecule has 1 aliphatic rings. The topological polar surface area (TPSA) is 26.3 Å². The van der Waals surface area contributed by atoms with Crippen molar-refractivity contribution < 1.29 is 9.22 Å². The number of hydrogen-bond acceptors (Lipinski definition) is 2. The maximum absolute atomic E-state index is 11.7. The van der Waals surface area contributed by atoms with Crippen LogP contribution < -0.4 is 0 Å². The third kappa shape index (κ3) is 1.43. The minimum atomic E-state index is -0.0379. The van der Waals surface area contributed by atoms with Gasteiger partial charge in [-0.15, -0.1) is 0 Å². The summed E-state index contributed by atoms with van der Waals surface area (Å²) in [5.74, 6) is 0.809. The van der Waals surface area contributed by atoms with Crippen molar-refractivity contribution in [3.8, 4) is 0 Å². The lowest BCUT2D eigenvalue weighted by Gasteiger charge is -2.39. The first-order valence-corrected chi connectivity index (χ1v) is 5.84. The zero-order valence-electron chi connectivity index (χ0n) is 10.0. The van der Waals surface area contributed by atoms with E-state index >= 15 is 0 Å². The fourth-order valence-corrected chi connectivity index (χ4v) is 2.62. The van der Waals surface area contributed by atoms with Crippen molar-refractivity contribution >= 4 is 16.3 Å². The van der Waals surface area contributed by atoms with E-state index in [-0.39, 0.29) is 16.6 Å². The summed E-state index contributed by atoms with van der Waals surface area (Å²) in [6, 6.07) is 0. The minimum absolute atomic E-state index is 0.0379. The van der Waals surface area contributed by atoms with E-state index in [2.05, 4.69) is 27.7 Å². The summed E-state index contributed by atoms with van der Waals surface area (Å²) in [6.45, 7) is 10.7. The molecule has 2 nitrogen and oxygen atoms in total. The van der Waals surface area contributed by atoms with E-state index in [1.165, 1.54) is 0 Å². The van der Waals surface area contributed by atoms with E-state index in [9.17, 15) is 4.79 Å². The first kappa shape index (κ1) is 11.5. The zero-order chi connectivity index (χ0) is 11.1. The Kier molecular flexibility index (Phi) is 2.65. The van der Waals surface area contributed by atoms with Crippen molar-refractivity contribution in [2.45, 2.75) is 41.0 Å². The Morgan fingerprint density at radius 2 is 1.93 bits per heavy atom. The van der Waals surface area contributed by atoms with Gasteiger partial charge in [-0.2, -0.15) is 0 Å². The smallest absolute Gasteiger partial charge is 0.204 e. The van der Waals surface area contributed by atoms with Gasteiger partial charge in [0.1, 0.15) is 5.76 Å². The lowest BCUT2D eigenvalue weighted by atomic mass is 9.64. The average molecular weight is 212 g/mol. The first-order valence-electron chi connectivity index (χ1n) is 5.02. The summed E-state index contributed by atoms with van der Waals surface area (Å²) < 4.78 is 5.30. The van der Waals surface area contributed by atoms with Crippen LogP contribution in [0.2, 0.25) is 0 Å². The first-order chi connectivity index (χ1) is 6.24. The Hall–Kier alpha value is -0.573. The molecule has 0 spiro atoms. The predicted molar refractivity (Wildman–Crippen MR) is 60.9 cm³/mol. The summed E-state index contributed by atoms with van der Waals surface area (Å²) in [6.07, 6.45) is 0.597. The summed E-state index contributed by atoms with van der Waals surface area (Å²) in [5, 5.41) is 0. The summed E-state index contributed by atoms with van der Waals surface area (Å²) in [5.41, 5.74) is 1.20. The number of allylic oxidation sites excluding steroid dienone is 2. The van der Waals surface area contributed by atoms with Gasteiger partial charge in [-0.3, -0.25) is 4.79 Å². The van der Waals surface area contributed by atoms with Gasteiger partial charge < -0.3 is 4.43 Å². The summed E-state index contributed by atoms with van der Waals surface area (Å²) >= 11 is 0. The fourth-order valence-electron chi connectivity index (χ4n) is 2.09. The van der Waals surface area contributed by atoms with Gasteiger partial charge in [0.15, 0.2) is 5.78 Å². The molecule has 1 unspecified atom stereocenters. The molecule has 0 N–H and O–H groups in total. The van der Waals surface area contributed by atoms with E-state index in [4.69, 9.17) is 4.43 Å². The van der Waals surface area contributed by atoms with Crippen LogP contribution in [0.15, 0.2) is 11.3 Å². The van der Waals surface area contributed by atoms with Gasteiger partial charge in [0, 0.05) is 11.8 Å². The molecular weight excluding hydrogens is 192 g/mol. The van der Waals surface area contributed by atoms with E-state index in [1.807, 2.05) is 6.92 Å². The maximum atomic E-state index is 11.7. The Bertz CT molecular complexity index is 299. The van der Waals surface area contributed by atoms with Crippen LogP contribution in [0.1, 0.15) is 41.0 Å². The van der Waals surface area contributed by atoms with Gasteiger partial charge in [0.2, 0.25) is 10.5 Å². The van der Waals surface area contributed by atoms with Crippen molar-refractivity contribution in [1.82, 2.24) is 0 Å². The zero-order valence-corrected chi connectivity index (χ0v) is 12.0. The molecular formula is C11H20O2Si. The van der Waals surface area contributed by atoms with E-state index < -0.39 is 0 Å². The largest absolute Gasteiger partial charge is 0.551 e. The maximum Gasteiger partial charge on any atom is 0.204 e. The highest BCUT2D eigenvalue weighted by Gasteiger charge is 2.47. The third-order valence-corrected chi connectivity index (χ3v) is 4.20. The molecule has 0 aliphatic heterocycles. The normalized spacial score (nSPS) is 28.8. The molecule has 0 fully saturated rings. The van der Waals surface area contributed by atoms with Gasteiger partial charge in [0.25, 0.3) is 0 Å². The second kappa shape index (κ2) is 3.23. The van der Waals surface area contributed by atoms with Crippen molar-refractivity contribution in [3.63, 3.8) is 0 Å². The monoisotopic (exact) mass is 212 g/mol. The molecule has 14 heavy (non-hydrogen) atoms. The molecule has 3 heteroatoms. The van der Waals surface area contributed by atoms with Crippen molar-refractivity contribution in [2.75, 3.05) is 0 Å². The molecule has 0 bridgehead atoms. The second-order valence-corrected chi connectivity index (χ2v) is 5.75. The molecule has 0 heterocycles. The van der Waals surface area contributed by atoms with Crippen LogP contribution in [-0.4, -0.2) is 16.3 Å². The van der Waals surface area contributed by atoms with E-state index in [0.717, 1.165) is 5.57 Å². The Labute approximate surface area is 89.3 Å². The number of carbonyl (C=O) groups excluding carboxylic acids is 1. The lowest BCUT2D eigenvalue weighted by Crippen LogP contribution is -2.32. The molecule has 1 atom stereocenters. The molecule has 1 rings (SSSR count). The van der Waals surface area contributed by atoms with Crippen LogP contribution >= 0.6 is 0 Å². The summed E-state index contributed by atoms with van der Waals surface area (Å²) in [4.78, 5) is 11.7. The van der Waals surface area contributed by atoms with Gasteiger partial charge in [-0.25, -0.2) is 0 Å². The Morgan fingerprint density at radius 1 is 1.43 bits per heavy atom. The number of Topliss-reactive ketones (excluding diaryl/α,β-unsaturated/α-hetero) is 1.